The summed E-state index contributed by atoms with van der Waals surface area (Å²) < 4.78 is 0.881. The molecular formula is C20H20BrN5O2. The Kier molecular flexibility index (Phi) is 4.94. The van der Waals surface area contributed by atoms with Gasteiger partial charge in [-0.15, -0.1) is 0 Å². The van der Waals surface area contributed by atoms with Crippen LogP contribution in [-0.4, -0.2) is 29.0 Å². The highest BCUT2D eigenvalue weighted by Gasteiger charge is 2.40. The van der Waals surface area contributed by atoms with E-state index >= 15 is 0 Å². The first-order valence-corrected chi connectivity index (χ1v) is 10.1. The number of carbonyl (C=O) groups excluding carboxylic acids is 1. The Balaban J connectivity index is 1.82. The second kappa shape index (κ2) is 7.40. The maximum atomic E-state index is 13.0. The summed E-state index contributed by atoms with van der Waals surface area (Å²) in [6.07, 6.45) is 2.18. The second-order valence-corrected chi connectivity index (χ2v) is 8.39. The quantitative estimate of drug-likeness (QED) is 0.745. The third-order valence-corrected chi connectivity index (χ3v) is 5.96. The van der Waals surface area contributed by atoms with Gasteiger partial charge < -0.3 is 10.2 Å². The van der Waals surface area contributed by atoms with Crippen LogP contribution in [0.3, 0.4) is 0 Å². The van der Waals surface area contributed by atoms with Gasteiger partial charge in [0.05, 0.1) is 11.6 Å². The number of anilines is 2. The molecule has 3 heterocycles. The van der Waals surface area contributed by atoms with Crippen LogP contribution in [0, 0.1) is 23.2 Å². The van der Waals surface area contributed by atoms with E-state index in [1.807, 2.05) is 29.2 Å². The average molecular weight is 442 g/mol. The summed E-state index contributed by atoms with van der Waals surface area (Å²) in [7, 11) is 0. The summed E-state index contributed by atoms with van der Waals surface area (Å²) in [6.45, 7) is 3.80. The number of benzene rings is 1. The lowest BCUT2D eigenvalue weighted by atomic mass is 9.79. The molecule has 8 heteroatoms. The zero-order chi connectivity index (χ0) is 19.8. The van der Waals surface area contributed by atoms with E-state index in [4.69, 9.17) is 0 Å². The maximum absolute atomic E-state index is 13.0. The minimum atomic E-state index is -0.988. The number of piperidine rings is 1. The van der Waals surface area contributed by atoms with Crippen LogP contribution in [0.2, 0.25) is 0 Å². The first-order chi connectivity index (χ1) is 13.5. The van der Waals surface area contributed by atoms with Crippen molar-refractivity contribution >= 4 is 33.6 Å². The first kappa shape index (κ1) is 18.7. The summed E-state index contributed by atoms with van der Waals surface area (Å²) in [5.74, 6) is -0.839. The van der Waals surface area contributed by atoms with Crippen molar-refractivity contribution in [3.63, 3.8) is 0 Å². The van der Waals surface area contributed by atoms with Crippen molar-refractivity contribution < 1.29 is 4.79 Å². The number of carbonyl (C=O) groups is 1. The van der Waals surface area contributed by atoms with Crippen LogP contribution in [0.4, 0.5) is 11.8 Å². The lowest BCUT2D eigenvalue weighted by Gasteiger charge is -2.33. The number of rotatable bonds is 2. The normalized spacial score (nSPS) is 24.2. The molecule has 4 rings (SSSR count). The predicted octanol–water partition coefficient (Wildman–Crippen LogP) is 2.99. The van der Waals surface area contributed by atoms with Crippen molar-refractivity contribution in [3.8, 4) is 6.07 Å². The summed E-state index contributed by atoms with van der Waals surface area (Å²) in [5.41, 5.74) is 0.756. The molecule has 1 amide bonds. The fraction of sp³-hybridized carbons (Fsp3) is 0.400. The van der Waals surface area contributed by atoms with Crippen molar-refractivity contribution in [2.75, 3.05) is 23.3 Å². The van der Waals surface area contributed by atoms with E-state index < -0.39 is 17.7 Å². The third-order valence-electron chi connectivity index (χ3n) is 5.44. The number of nitriles is 1. The third kappa shape index (κ3) is 3.31. The van der Waals surface area contributed by atoms with Crippen molar-refractivity contribution in [2.24, 2.45) is 11.8 Å². The highest BCUT2D eigenvalue weighted by Crippen LogP contribution is 2.38. The lowest BCUT2D eigenvalue weighted by molar-refractivity contribution is -0.119. The summed E-state index contributed by atoms with van der Waals surface area (Å²) in [4.78, 5) is 35.1. The number of nitrogens with one attached hydrogen (secondary N) is 2. The van der Waals surface area contributed by atoms with E-state index in [0.29, 0.717) is 17.4 Å². The van der Waals surface area contributed by atoms with Gasteiger partial charge in [0.15, 0.2) is 0 Å². The van der Waals surface area contributed by atoms with Gasteiger partial charge in [0.25, 0.3) is 5.56 Å². The Morgan fingerprint density at radius 2 is 2.04 bits per heavy atom. The van der Waals surface area contributed by atoms with Crippen molar-refractivity contribution in [1.29, 1.82) is 5.26 Å². The average Bonchev–Trinajstić information content (AvgIpc) is 2.67. The fourth-order valence-corrected chi connectivity index (χ4v) is 4.33. The molecule has 0 bridgehead atoms. The number of nitrogens with zero attached hydrogens (tertiary/aromatic N) is 3. The Bertz CT molecular complexity index is 1010. The predicted molar refractivity (Wildman–Crippen MR) is 109 cm³/mol. The van der Waals surface area contributed by atoms with E-state index in [1.165, 1.54) is 0 Å². The van der Waals surface area contributed by atoms with Gasteiger partial charge in [-0.2, -0.15) is 10.2 Å². The zero-order valence-corrected chi connectivity index (χ0v) is 17.0. The van der Waals surface area contributed by atoms with Crippen LogP contribution in [0.15, 0.2) is 33.5 Å². The zero-order valence-electron chi connectivity index (χ0n) is 15.4. The molecule has 144 valence electrons. The van der Waals surface area contributed by atoms with Crippen LogP contribution in [0.25, 0.3) is 0 Å². The van der Waals surface area contributed by atoms with Crippen LogP contribution in [0.5, 0.6) is 0 Å². The number of hydrogen-bond acceptors (Lipinski definition) is 5. The second-order valence-electron chi connectivity index (χ2n) is 7.47. The molecule has 2 aliphatic rings. The van der Waals surface area contributed by atoms with Crippen molar-refractivity contribution in [3.05, 3.63) is 50.2 Å². The van der Waals surface area contributed by atoms with Crippen LogP contribution in [0.1, 0.15) is 36.8 Å². The van der Waals surface area contributed by atoms with Crippen LogP contribution < -0.4 is 15.8 Å². The largest absolute Gasteiger partial charge is 0.342 e. The van der Waals surface area contributed by atoms with Gasteiger partial charge in [-0.25, -0.2) is 0 Å². The van der Waals surface area contributed by atoms with Crippen LogP contribution in [-0.2, 0) is 4.79 Å². The Morgan fingerprint density at radius 3 is 2.71 bits per heavy atom. The molecule has 2 aliphatic heterocycles. The van der Waals surface area contributed by atoms with Gasteiger partial charge >= 0.3 is 0 Å². The molecule has 2 N–H and O–H groups in total. The molecule has 1 aromatic heterocycles. The molecule has 1 aromatic carbocycles. The standard InChI is InChI=1S/C20H20BrN5O2/c1-11-3-2-8-26(10-11)20-24-17-16(19(28)25-20)15(14(9-22)18(27)23-17)12-4-6-13(21)7-5-12/h4-7,11,14-15H,2-3,8,10H2,1H3,(H2,23,24,25,27,28). The highest BCUT2D eigenvalue weighted by atomic mass is 79.9. The number of aromatic amines is 1. The smallest absolute Gasteiger partial charge is 0.258 e. The van der Waals surface area contributed by atoms with E-state index in [2.05, 4.69) is 44.2 Å². The van der Waals surface area contributed by atoms with Crippen molar-refractivity contribution in [2.45, 2.75) is 25.7 Å². The molecule has 0 saturated carbocycles. The summed E-state index contributed by atoms with van der Waals surface area (Å²) in [5, 5.41) is 12.3. The monoisotopic (exact) mass is 441 g/mol. The molecule has 0 spiro atoms. The van der Waals surface area contributed by atoms with Crippen molar-refractivity contribution in [1.82, 2.24) is 9.97 Å². The Morgan fingerprint density at radius 1 is 1.29 bits per heavy atom. The molecule has 0 radical (unpaired) electrons. The van der Waals surface area contributed by atoms with Gasteiger partial charge in [-0.3, -0.25) is 14.6 Å². The number of halogens is 1. The van der Waals surface area contributed by atoms with E-state index in [0.717, 1.165) is 36.0 Å². The minimum Gasteiger partial charge on any atom is -0.342 e. The van der Waals surface area contributed by atoms with Crippen LogP contribution >= 0.6 is 15.9 Å². The van der Waals surface area contributed by atoms with Gasteiger partial charge in [-0.1, -0.05) is 35.0 Å². The number of amides is 1. The molecule has 1 fully saturated rings. The maximum Gasteiger partial charge on any atom is 0.258 e. The fourth-order valence-electron chi connectivity index (χ4n) is 4.06. The topological polar surface area (TPSA) is 102 Å². The number of aromatic nitrogens is 2. The van der Waals surface area contributed by atoms with Gasteiger partial charge in [0.1, 0.15) is 11.7 Å². The Hall–Kier alpha value is -2.66. The molecule has 0 aliphatic carbocycles. The highest BCUT2D eigenvalue weighted by molar-refractivity contribution is 9.10. The first-order valence-electron chi connectivity index (χ1n) is 9.33. The van der Waals surface area contributed by atoms with E-state index in [9.17, 15) is 14.9 Å². The minimum absolute atomic E-state index is 0.251. The van der Waals surface area contributed by atoms with E-state index in [-0.39, 0.29) is 11.4 Å². The molecule has 7 nitrogen and oxygen atoms in total. The van der Waals surface area contributed by atoms with Gasteiger partial charge in [0, 0.05) is 23.5 Å². The number of H-pyrrole nitrogens is 1. The SMILES string of the molecule is CC1CCCN(c2nc3c(c(=O)[nH]2)C(c2ccc(Br)cc2)C(C#N)C(=O)N3)C1. The number of fused-ring (bicyclic) bond motifs is 1. The molecule has 3 unspecified atom stereocenters. The molecule has 1 saturated heterocycles. The van der Waals surface area contributed by atoms with Gasteiger partial charge in [0.2, 0.25) is 11.9 Å². The summed E-state index contributed by atoms with van der Waals surface area (Å²) in [6, 6.07) is 9.36. The molecule has 28 heavy (non-hydrogen) atoms. The molecule has 3 atom stereocenters. The lowest BCUT2D eigenvalue weighted by Crippen LogP contribution is -2.41. The molecule has 2 aromatic rings. The van der Waals surface area contributed by atoms with E-state index in [1.54, 1.807) is 0 Å². The number of hydrogen-bond donors (Lipinski definition) is 2. The Labute approximate surface area is 170 Å². The van der Waals surface area contributed by atoms with Gasteiger partial charge in [-0.05, 0) is 36.5 Å². The molecular weight excluding hydrogens is 422 g/mol. The summed E-state index contributed by atoms with van der Waals surface area (Å²) >= 11 is 3.39.